The monoisotopic (exact) mass is 205 g/mol. The van der Waals surface area contributed by atoms with Crippen LogP contribution in [-0.2, 0) is 0 Å². The van der Waals surface area contributed by atoms with Gasteiger partial charge in [-0.3, -0.25) is 0 Å². The Kier molecular flexibility index (Phi) is 2.77. The highest BCUT2D eigenvalue weighted by Crippen LogP contribution is 2.21. The highest BCUT2D eigenvalue weighted by atomic mass is 32.2. The molecule has 0 aliphatic rings. The van der Waals surface area contributed by atoms with E-state index in [4.69, 9.17) is 0 Å². The van der Waals surface area contributed by atoms with Crippen LogP contribution in [0.3, 0.4) is 0 Å². The molecule has 1 aromatic carbocycles. The number of aromatic nitrogens is 2. The van der Waals surface area contributed by atoms with Crippen molar-refractivity contribution in [3.63, 3.8) is 0 Å². The second-order valence-corrected chi connectivity index (χ2v) is 4.52. The molecule has 14 heavy (non-hydrogen) atoms. The quantitative estimate of drug-likeness (QED) is 0.779. The minimum Gasteiger partial charge on any atom is -0.333 e. The summed E-state index contributed by atoms with van der Waals surface area (Å²) in [6, 6.07) is 8.11. The molecule has 2 rings (SSSR count). The molecule has 2 aromatic rings. The Balaban J connectivity index is 2.19. The van der Waals surface area contributed by atoms with Crippen molar-refractivity contribution in [2.75, 3.05) is 5.75 Å². The van der Waals surface area contributed by atoms with Gasteiger partial charge in [0.1, 0.15) is 0 Å². The maximum atomic E-state index is 4.48. The zero-order chi connectivity index (χ0) is 9.97. The van der Waals surface area contributed by atoms with Crippen LogP contribution >= 0.6 is 11.8 Å². The molecule has 2 nitrogen and oxygen atoms in total. The van der Waals surface area contributed by atoms with Gasteiger partial charge in [-0.1, -0.05) is 37.7 Å². The number of nitrogens with zero attached hydrogens (tertiary/aromatic N) is 1. The Morgan fingerprint density at radius 2 is 2.14 bits per heavy atom. The first kappa shape index (κ1) is 9.59. The zero-order valence-corrected chi connectivity index (χ0v) is 9.19. The van der Waals surface area contributed by atoms with Crippen LogP contribution < -0.4 is 0 Å². The van der Waals surface area contributed by atoms with Crippen molar-refractivity contribution in [1.82, 2.24) is 9.97 Å². The number of para-hydroxylation sites is 2. The van der Waals surface area contributed by atoms with E-state index in [0.717, 1.165) is 21.9 Å². The van der Waals surface area contributed by atoms with Gasteiger partial charge in [0.2, 0.25) is 0 Å². The minimum atomic E-state index is 1.01. The summed E-state index contributed by atoms with van der Waals surface area (Å²) in [5, 5.41) is 1.01. The highest BCUT2D eigenvalue weighted by Gasteiger charge is 2.03. The molecule has 1 N–H and O–H groups in total. The third-order valence-electron chi connectivity index (χ3n) is 1.87. The van der Waals surface area contributed by atoms with Crippen LogP contribution in [0.1, 0.15) is 13.8 Å². The van der Waals surface area contributed by atoms with E-state index in [-0.39, 0.29) is 0 Å². The van der Waals surface area contributed by atoms with Gasteiger partial charge in [0.15, 0.2) is 5.16 Å². The van der Waals surface area contributed by atoms with Gasteiger partial charge >= 0.3 is 0 Å². The molecule has 0 saturated heterocycles. The molecule has 0 unspecified atom stereocenters. The van der Waals surface area contributed by atoms with Gasteiger partial charge in [-0.2, -0.15) is 0 Å². The predicted molar refractivity (Wildman–Crippen MR) is 61.4 cm³/mol. The molecule has 1 heterocycles. The highest BCUT2D eigenvalue weighted by molar-refractivity contribution is 7.99. The van der Waals surface area contributed by atoms with Gasteiger partial charge in [0, 0.05) is 5.75 Å². The summed E-state index contributed by atoms with van der Waals surface area (Å²) >= 11 is 1.75. The van der Waals surface area contributed by atoms with Crippen molar-refractivity contribution in [2.45, 2.75) is 19.0 Å². The molecule has 0 aliphatic heterocycles. The smallest absolute Gasteiger partial charge is 0.166 e. The summed E-state index contributed by atoms with van der Waals surface area (Å²) in [5.41, 5.74) is 2.16. The Bertz CT molecular complexity index is 387. The predicted octanol–water partition coefficient (Wildman–Crippen LogP) is 3.27. The molecule has 1 radical (unpaired) electrons. The van der Waals surface area contributed by atoms with E-state index in [9.17, 15) is 0 Å². The summed E-state index contributed by atoms with van der Waals surface area (Å²) in [5.74, 6) is 2.44. The zero-order valence-electron chi connectivity index (χ0n) is 8.37. The Labute approximate surface area is 88.1 Å². The van der Waals surface area contributed by atoms with E-state index >= 15 is 0 Å². The summed E-state index contributed by atoms with van der Waals surface area (Å²) in [7, 11) is 0. The first-order chi connectivity index (χ1) is 6.75. The molecule has 0 spiro atoms. The number of rotatable bonds is 3. The minimum absolute atomic E-state index is 1.01. The molecule has 0 atom stereocenters. The molecule has 0 bridgehead atoms. The number of nitrogens with one attached hydrogen (secondary N) is 1. The molecular weight excluding hydrogens is 192 g/mol. The molecule has 73 valence electrons. The number of benzene rings is 1. The molecule has 3 heteroatoms. The third-order valence-corrected chi connectivity index (χ3v) is 3.05. The van der Waals surface area contributed by atoms with Gasteiger partial charge in [-0.25, -0.2) is 4.98 Å². The van der Waals surface area contributed by atoms with E-state index in [1.165, 1.54) is 5.92 Å². The second-order valence-electron chi connectivity index (χ2n) is 3.55. The van der Waals surface area contributed by atoms with Crippen LogP contribution in [0.4, 0.5) is 0 Å². The molecule has 0 saturated carbocycles. The molecule has 0 fully saturated rings. The van der Waals surface area contributed by atoms with E-state index < -0.39 is 0 Å². The Morgan fingerprint density at radius 3 is 2.86 bits per heavy atom. The third kappa shape index (κ3) is 2.10. The van der Waals surface area contributed by atoms with Gasteiger partial charge in [0.25, 0.3) is 0 Å². The van der Waals surface area contributed by atoms with Gasteiger partial charge < -0.3 is 4.98 Å². The van der Waals surface area contributed by atoms with E-state index in [2.05, 4.69) is 29.9 Å². The summed E-state index contributed by atoms with van der Waals surface area (Å²) < 4.78 is 0. The van der Waals surface area contributed by atoms with Crippen molar-refractivity contribution in [1.29, 1.82) is 0 Å². The van der Waals surface area contributed by atoms with Gasteiger partial charge in [-0.15, -0.1) is 0 Å². The number of H-pyrrole nitrogens is 1. The van der Waals surface area contributed by atoms with Crippen molar-refractivity contribution in [3.8, 4) is 0 Å². The summed E-state index contributed by atoms with van der Waals surface area (Å²) in [4.78, 5) is 7.77. The average molecular weight is 205 g/mol. The van der Waals surface area contributed by atoms with Crippen molar-refractivity contribution in [2.24, 2.45) is 0 Å². The van der Waals surface area contributed by atoms with Gasteiger partial charge in [-0.05, 0) is 18.1 Å². The largest absolute Gasteiger partial charge is 0.333 e. The normalized spacial score (nSPS) is 11.4. The number of hydrogen-bond acceptors (Lipinski definition) is 2. The first-order valence-electron chi connectivity index (χ1n) is 4.62. The van der Waals surface area contributed by atoms with Gasteiger partial charge in [0.05, 0.1) is 11.0 Å². The lowest BCUT2D eigenvalue weighted by molar-refractivity contribution is 1.06. The number of hydrogen-bond donors (Lipinski definition) is 1. The maximum absolute atomic E-state index is 4.48. The maximum Gasteiger partial charge on any atom is 0.166 e. The van der Waals surface area contributed by atoms with Crippen molar-refractivity contribution >= 4 is 22.8 Å². The molecule has 1 aromatic heterocycles. The average Bonchev–Trinajstić information content (AvgIpc) is 2.57. The number of imidazole rings is 1. The number of thioether (sulfide) groups is 1. The van der Waals surface area contributed by atoms with Crippen molar-refractivity contribution < 1.29 is 0 Å². The topological polar surface area (TPSA) is 28.7 Å². The fourth-order valence-corrected chi connectivity index (χ4v) is 1.98. The summed E-state index contributed by atoms with van der Waals surface area (Å²) in [6.45, 7) is 4.27. The standard InChI is InChI=1S/C11H13N2S/c1-8(2)7-14-11-12-9-5-3-4-6-10(9)13-11/h3-6H,7H2,1-2H3,(H,12,13). The number of aromatic amines is 1. The molecule has 0 aliphatic carbocycles. The number of fused-ring (bicyclic) bond motifs is 1. The second kappa shape index (κ2) is 4.05. The lowest BCUT2D eigenvalue weighted by Gasteiger charge is -1.99. The summed E-state index contributed by atoms with van der Waals surface area (Å²) in [6.07, 6.45) is 0. The van der Waals surface area contributed by atoms with Crippen molar-refractivity contribution in [3.05, 3.63) is 30.2 Å². The lowest BCUT2D eigenvalue weighted by Crippen LogP contribution is -1.88. The Morgan fingerprint density at radius 1 is 1.36 bits per heavy atom. The van der Waals surface area contributed by atoms with E-state index in [1.807, 2.05) is 18.2 Å². The fraction of sp³-hybridized carbons (Fsp3) is 0.273. The van der Waals surface area contributed by atoms with Crippen LogP contribution in [0.15, 0.2) is 29.4 Å². The van der Waals surface area contributed by atoms with Crippen LogP contribution in [0.25, 0.3) is 11.0 Å². The molecule has 0 amide bonds. The first-order valence-corrected chi connectivity index (χ1v) is 5.61. The van der Waals surface area contributed by atoms with Crippen LogP contribution in [0.2, 0.25) is 0 Å². The Hall–Kier alpha value is -0.960. The van der Waals surface area contributed by atoms with E-state index in [0.29, 0.717) is 0 Å². The SMILES string of the molecule is C[C](C)CSc1nc2ccccc2[nH]1. The molecular formula is C11H13N2S. The van der Waals surface area contributed by atoms with Crippen LogP contribution in [0.5, 0.6) is 0 Å². The van der Waals surface area contributed by atoms with E-state index in [1.54, 1.807) is 11.8 Å². The van der Waals surface area contributed by atoms with Crippen LogP contribution in [-0.4, -0.2) is 15.7 Å². The lowest BCUT2D eigenvalue weighted by atomic mass is 10.3. The van der Waals surface area contributed by atoms with Crippen LogP contribution in [0, 0.1) is 5.92 Å². The fourth-order valence-electron chi connectivity index (χ4n) is 1.21.